The number of hydrogen-bond donors (Lipinski definition) is 1. The maximum absolute atomic E-state index is 6.06. The SMILES string of the molecule is CC(c1ccccc1)C(CN)N(C)Cc1cccc(Cl)c1. The molecule has 0 radical (unpaired) electrons. The Kier molecular flexibility index (Phi) is 5.80. The molecule has 0 bridgehead atoms. The fraction of sp³-hybridized carbons (Fsp3) is 0.333. The van der Waals surface area contributed by atoms with Crippen LogP contribution in [-0.4, -0.2) is 24.5 Å². The first-order valence-corrected chi connectivity index (χ1v) is 7.69. The van der Waals surface area contributed by atoms with Gasteiger partial charge in [0.05, 0.1) is 0 Å². The first-order chi connectivity index (χ1) is 10.1. The lowest BCUT2D eigenvalue weighted by Crippen LogP contribution is -2.41. The fourth-order valence-electron chi connectivity index (χ4n) is 2.79. The molecule has 0 amide bonds. The molecule has 21 heavy (non-hydrogen) atoms. The molecule has 0 aliphatic carbocycles. The first kappa shape index (κ1) is 16.0. The fourth-order valence-corrected chi connectivity index (χ4v) is 3.00. The zero-order valence-corrected chi connectivity index (χ0v) is 13.4. The number of hydrogen-bond acceptors (Lipinski definition) is 2. The molecule has 2 aromatic rings. The quantitative estimate of drug-likeness (QED) is 0.877. The highest BCUT2D eigenvalue weighted by molar-refractivity contribution is 6.30. The first-order valence-electron chi connectivity index (χ1n) is 7.31. The molecule has 0 saturated heterocycles. The van der Waals surface area contributed by atoms with Crippen molar-refractivity contribution in [2.75, 3.05) is 13.6 Å². The van der Waals surface area contributed by atoms with E-state index in [1.54, 1.807) is 0 Å². The van der Waals surface area contributed by atoms with Gasteiger partial charge in [0, 0.05) is 24.2 Å². The van der Waals surface area contributed by atoms with Crippen molar-refractivity contribution >= 4 is 11.6 Å². The second-order valence-electron chi connectivity index (χ2n) is 5.55. The normalized spacial score (nSPS) is 14.1. The maximum atomic E-state index is 6.06. The van der Waals surface area contributed by atoms with Crippen molar-refractivity contribution in [3.05, 3.63) is 70.7 Å². The zero-order chi connectivity index (χ0) is 15.2. The van der Waals surface area contributed by atoms with Gasteiger partial charge in [0.2, 0.25) is 0 Å². The Bertz CT molecular complexity index is 556. The predicted molar refractivity (Wildman–Crippen MR) is 90.6 cm³/mol. The minimum absolute atomic E-state index is 0.298. The van der Waals surface area contributed by atoms with Gasteiger partial charge in [-0.3, -0.25) is 4.90 Å². The molecule has 2 N–H and O–H groups in total. The molecule has 0 aromatic heterocycles. The van der Waals surface area contributed by atoms with Crippen molar-refractivity contribution in [1.29, 1.82) is 0 Å². The minimum atomic E-state index is 0.298. The van der Waals surface area contributed by atoms with E-state index in [1.165, 1.54) is 11.1 Å². The number of rotatable bonds is 6. The van der Waals surface area contributed by atoms with Crippen molar-refractivity contribution in [3.63, 3.8) is 0 Å². The number of halogens is 1. The molecule has 112 valence electrons. The summed E-state index contributed by atoms with van der Waals surface area (Å²) in [5, 5.41) is 0.779. The van der Waals surface area contributed by atoms with Crippen LogP contribution in [0.1, 0.15) is 24.0 Å². The van der Waals surface area contributed by atoms with E-state index in [0.29, 0.717) is 18.5 Å². The third-order valence-corrected chi connectivity index (χ3v) is 4.27. The van der Waals surface area contributed by atoms with Crippen LogP contribution in [0.15, 0.2) is 54.6 Å². The van der Waals surface area contributed by atoms with Gasteiger partial charge in [0.25, 0.3) is 0 Å². The summed E-state index contributed by atoms with van der Waals surface area (Å²) < 4.78 is 0. The van der Waals surface area contributed by atoms with E-state index in [9.17, 15) is 0 Å². The average Bonchev–Trinajstić information content (AvgIpc) is 2.48. The number of nitrogens with zero attached hydrogens (tertiary/aromatic N) is 1. The Morgan fingerprint density at radius 3 is 2.43 bits per heavy atom. The molecule has 0 saturated carbocycles. The van der Waals surface area contributed by atoms with E-state index < -0.39 is 0 Å². The van der Waals surface area contributed by atoms with Gasteiger partial charge in [-0.15, -0.1) is 0 Å². The lowest BCUT2D eigenvalue weighted by atomic mass is 9.92. The molecule has 2 rings (SSSR count). The Morgan fingerprint density at radius 1 is 1.10 bits per heavy atom. The molecule has 0 aliphatic rings. The van der Waals surface area contributed by atoms with E-state index in [2.05, 4.69) is 49.2 Å². The van der Waals surface area contributed by atoms with Crippen LogP contribution in [0, 0.1) is 0 Å². The maximum Gasteiger partial charge on any atom is 0.0409 e. The van der Waals surface area contributed by atoms with Crippen LogP contribution >= 0.6 is 11.6 Å². The number of benzene rings is 2. The van der Waals surface area contributed by atoms with Crippen molar-refractivity contribution in [3.8, 4) is 0 Å². The minimum Gasteiger partial charge on any atom is -0.329 e. The summed E-state index contributed by atoms with van der Waals surface area (Å²) in [4.78, 5) is 2.31. The van der Waals surface area contributed by atoms with Gasteiger partial charge in [-0.05, 0) is 36.2 Å². The van der Waals surface area contributed by atoms with Crippen LogP contribution in [0.4, 0.5) is 0 Å². The Balaban J connectivity index is 2.09. The predicted octanol–water partition coefficient (Wildman–Crippen LogP) is 3.90. The molecular weight excluding hydrogens is 280 g/mol. The second kappa shape index (κ2) is 7.60. The van der Waals surface area contributed by atoms with Crippen molar-refractivity contribution in [1.82, 2.24) is 4.90 Å². The van der Waals surface area contributed by atoms with Crippen molar-refractivity contribution < 1.29 is 0 Å². The summed E-state index contributed by atoms with van der Waals surface area (Å²) in [5.41, 5.74) is 8.56. The molecule has 2 unspecified atom stereocenters. The third kappa shape index (κ3) is 4.31. The third-order valence-electron chi connectivity index (χ3n) is 4.03. The lowest BCUT2D eigenvalue weighted by Gasteiger charge is -2.32. The van der Waals surface area contributed by atoms with Crippen molar-refractivity contribution in [2.24, 2.45) is 5.73 Å². The lowest BCUT2D eigenvalue weighted by molar-refractivity contribution is 0.213. The van der Waals surface area contributed by atoms with Crippen LogP contribution in [0.25, 0.3) is 0 Å². The van der Waals surface area contributed by atoms with Gasteiger partial charge in [-0.2, -0.15) is 0 Å². The van der Waals surface area contributed by atoms with E-state index in [1.807, 2.05) is 24.3 Å². The molecule has 0 fully saturated rings. The molecule has 2 aromatic carbocycles. The van der Waals surface area contributed by atoms with Gasteiger partial charge in [0.1, 0.15) is 0 Å². The molecule has 0 heterocycles. The molecule has 0 spiro atoms. The van der Waals surface area contributed by atoms with E-state index in [4.69, 9.17) is 17.3 Å². The summed E-state index contributed by atoms with van der Waals surface area (Å²) >= 11 is 6.06. The van der Waals surface area contributed by atoms with Crippen molar-refractivity contribution in [2.45, 2.75) is 25.4 Å². The average molecular weight is 303 g/mol. The number of nitrogens with two attached hydrogens (primary N) is 1. The molecular formula is C18H23ClN2. The van der Waals surface area contributed by atoms with Crippen LogP contribution in [-0.2, 0) is 6.54 Å². The molecule has 2 nitrogen and oxygen atoms in total. The highest BCUT2D eigenvalue weighted by Crippen LogP contribution is 2.23. The monoisotopic (exact) mass is 302 g/mol. The number of likely N-dealkylation sites (N-methyl/N-ethyl adjacent to an activating group) is 1. The molecule has 0 aliphatic heterocycles. The smallest absolute Gasteiger partial charge is 0.0409 e. The van der Waals surface area contributed by atoms with Gasteiger partial charge in [-0.25, -0.2) is 0 Å². The summed E-state index contributed by atoms with van der Waals surface area (Å²) in [6.45, 7) is 3.72. The van der Waals surface area contributed by atoms with E-state index in [-0.39, 0.29) is 0 Å². The highest BCUT2D eigenvalue weighted by Gasteiger charge is 2.21. The summed E-state index contributed by atoms with van der Waals surface area (Å²) in [6, 6.07) is 18.8. The van der Waals surface area contributed by atoms with Gasteiger partial charge in [0.15, 0.2) is 0 Å². The van der Waals surface area contributed by atoms with Crippen LogP contribution in [0.2, 0.25) is 5.02 Å². The zero-order valence-electron chi connectivity index (χ0n) is 12.7. The van der Waals surface area contributed by atoms with Crippen LogP contribution < -0.4 is 5.73 Å². The largest absolute Gasteiger partial charge is 0.329 e. The van der Waals surface area contributed by atoms with Crippen LogP contribution in [0.5, 0.6) is 0 Å². The van der Waals surface area contributed by atoms with Crippen LogP contribution in [0.3, 0.4) is 0 Å². The molecule has 3 heteroatoms. The standard InChI is InChI=1S/C18H23ClN2/c1-14(16-8-4-3-5-9-16)18(12-20)21(2)13-15-7-6-10-17(19)11-15/h3-11,14,18H,12-13,20H2,1-2H3. The summed E-state index contributed by atoms with van der Waals surface area (Å²) in [6.07, 6.45) is 0. The Morgan fingerprint density at radius 2 is 1.81 bits per heavy atom. The van der Waals surface area contributed by atoms with Gasteiger partial charge < -0.3 is 5.73 Å². The topological polar surface area (TPSA) is 29.3 Å². The van der Waals surface area contributed by atoms with E-state index >= 15 is 0 Å². The second-order valence-corrected chi connectivity index (χ2v) is 5.98. The molecule has 2 atom stereocenters. The van der Waals surface area contributed by atoms with Gasteiger partial charge in [-0.1, -0.05) is 61.0 Å². The Labute approximate surface area is 132 Å². The Hall–Kier alpha value is -1.35. The van der Waals surface area contributed by atoms with Gasteiger partial charge >= 0.3 is 0 Å². The summed E-state index contributed by atoms with van der Waals surface area (Å²) in [7, 11) is 2.12. The summed E-state index contributed by atoms with van der Waals surface area (Å²) in [5.74, 6) is 0.389. The van der Waals surface area contributed by atoms with E-state index in [0.717, 1.165) is 11.6 Å². The highest BCUT2D eigenvalue weighted by atomic mass is 35.5.